The Morgan fingerprint density at radius 2 is 2.14 bits per heavy atom. The van der Waals surface area contributed by atoms with Crippen molar-refractivity contribution in [1.29, 1.82) is 0 Å². The summed E-state index contributed by atoms with van der Waals surface area (Å²) in [5.41, 5.74) is 0.148. The number of rotatable bonds is 3. The number of carbonyl (C=O) groups is 2. The van der Waals surface area contributed by atoms with E-state index in [-0.39, 0.29) is 16.9 Å². The third-order valence-corrected chi connectivity index (χ3v) is 5.60. The Kier molecular flexibility index (Phi) is 4.93. The number of hydrogen-bond acceptors (Lipinski definition) is 3. The highest BCUT2D eigenvalue weighted by molar-refractivity contribution is 9.10. The van der Waals surface area contributed by atoms with Crippen LogP contribution in [0.1, 0.15) is 24.2 Å². The van der Waals surface area contributed by atoms with Crippen molar-refractivity contribution in [3.8, 4) is 0 Å². The first-order valence-electron chi connectivity index (χ1n) is 6.45. The normalized spacial score (nSPS) is 21.9. The van der Waals surface area contributed by atoms with Crippen molar-refractivity contribution in [1.82, 2.24) is 4.90 Å². The van der Waals surface area contributed by atoms with Gasteiger partial charge in [-0.05, 0) is 40.0 Å². The highest BCUT2D eigenvalue weighted by Gasteiger charge is 2.43. The zero-order valence-corrected chi connectivity index (χ0v) is 13.9. The van der Waals surface area contributed by atoms with E-state index in [2.05, 4.69) is 15.9 Å². The van der Waals surface area contributed by atoms with E-state index >= 15 is 0 Å². The maximum Gasteiger partial charge on any atom is 0.327 e. The fourth-order valence-corrected chi connectivity index (χ4v) is 4.18. The molecule has 2 unspecified atom stereocenters. The van der Waals surface area contributed by atoms with Gasteiger partial charge in [0, 0.05) is 10.2 Å². The minimum atomic E-state index is -1.04. The molecule has 1 heterocycles. The summed E-state index contributed by atoms with van der Waals surface area (Å²) in [5, 5.41) is 9.08. The van der Waals surface area contributed by atoms with Crippen molar-refractivity contribution in [2.24, 2.45) is 5.92 Å². The minimum Gasteiger partial charge on any atom is -0.480 e. The molecule has 1 aliphatic rings. The summed E-state index contributed by atoms with van der Waals surface area (Å²) < 4.78 is 13.8. The van der Waals surface area contributed by atoms with Crippen LogP contribution in [0.15, 0.2) is 22.7 Å². The predicted octanol–water partition coefficient (Wildman–Crippen LogP) is 3.21. The van der Waals surface area contributed by atoms with Gasteiger partial charge < -0.3 is 10.0 Å². The topological polar surface area (TPSA) is 57.6 Å². The van der Waals surface area contributed by atoms with E-state index in [0.29, 0.717) is 10.2 Å². The number of aliphatic carboxylic acids is 1. The zero-order chi connectivity index (χ0) is 15.7. The second kappa shape index (κ2) is 6.36. The van der Waals surface area contributed by atoms with Crippen LogP contribution in [0.25, 0.3) is 0 Å². The third-order valence-electron chi connectivity index (χ3n) is 3.28. The largest absolute Gasteiger partial charge is 0.480 e. The summed E-state index contributed by atoms with van der Waals surface area (Å²) in [6.45, 7) is 3.87. The Bertz CT molecular complexity index is 581. The van der Waals surface area contributed by atoms with Crippen molar-refractivity contribution >= 4 is 39.6 Å². The van der Waals surface area contributed by atoms with E-state index in [1.165, 1.54) is 28.8 Å². The first kappa shape index (κ1) is 16.3. The fraction of sp³-hybridized carbons (Fsp3) is 0.429. The fourth-order valence-electron chi connectivity index (χ4n) is 2.29. The number of thioether (sulfide) groups is 1. The van der Waals surface area contributed by atoms with E-state index in [4.69, 9.17) is 0 Å². The Hall–Kier alpha value is -1.08. The SMILES string of the molecule is CC(C)C1SCC(C(=O)O)N1C(=O)c1cc(F)ccc1Br. The van der Waals surface area contributed by atoms with Gasteiger partial charge in [-0.15, -0.1) is 11.8 Å². The number of carbonyl (C=O) groups excluding carboxylic acids is 1. The minimum absolute atomic E-state index is 0.107. The average molecular weight is 376 g/mol. The van der Waals surface area contributed by atoms with Gasteiger partial charge >= 0.3 is 5.97 Å². The lowest BCUT2D eigenvalue weighted by Crippen LogP contribution is -2.47. The first-order valence-corrected chi connectivity index (χ1v) is 8.29. The van der Waals surface area contributed by atoms with Gasteiger partial charge in [0.25, 0.3) is 5.91 Å². The lowest BCUT2D eigenvalue weighted by atomic mass is 10.1. The van der Waals surface area contributed by atoms with Crippen LogP contribution in [0.2, 0.25) is 0 Å². The van der Waals surface area contributed by atoms with Crippen molar-refractivity contribution in [3.05, 3.63) is 34.1 Å². The summed E-state index contributed by atoms with van der Waals surface area (Å²) in [5.74, 6) is -1.57. The Labute approximate surface area is 134 Å². The molecule has 0 spiro atoms. The summed E-state index contributed by atoms with van der Waals surface area (Å²) >= 11 is 4.67. The van der Waals surface area contributed by atoms with Crippen LogP contribution in [0.3, 0.4) is 0 Å². The number of amides is 1. The van der Waals surface area contributed by atoms with Crippen molar-refractivity contribution in [2.45, 2.75) is 25.3 Å². The Morgan fingerprint density at radius 3 is 2.71 bits per heavy atom. The summed E-state index contributed by atoms with van der Waals surface area (Å²) in [6, 6.07) is 2.94. The highest BCUT2D eigenvalue weighted by Crippen LogP contribution is 2.36. The van der Waals surface area contributed by atoms with Gasteiger partial charge in [0.15, 0.2) is 0 Å². The molecule has 1 aromatic rings. The Morgan fingerprint density at radius 1 is 1.48 bits per heavy atom. The van der Waals surface area contributed by atoms with E-state index in [9.17, 15) is 19.1 Å². The molecule has 21 heavy (non-hydrogen) atoms. The van der Waals surface area contributed by atoms with Gasteiger partial charge in [-0.3, -0.25) is 4.79 Å². The first-order chi connectivity index (χ1) is 9.82. The smallest absolute Gasteiger partial charge is 0.327 e. The molecular formula is C14H15BrFNO3S. The molecule has 1 aromatic carbocycles. The highest BCUT2D eigenvalue weighted by atomic mass is 79.9. The molecule has 0 aliphatic carbocycles. The molecule has 7 heteroatoms. The molecule has 1 amide bonds. The van der Waals surface area contributed by atoms with Crippen LogP contribution in [-0.4, -0.2) is 39.1 Å². The molecule has 4 nitrogen and oxygen atoms in total. The molecule has 0 bridgehead atoms. The van der Waals surface area contributed by atoms with Gasteiger partial charge in [0.2, 0.25) is 0 Å². The van der Waals surface area contributed by atoms with Crippen molar-refractivity contribution < 1.29 is 19.1 Å². The van der Waals surface area contributed by atoms with E-state index in [0.717, 1.165) is 6.07 Å². The zero-order valence-electron chi connectivity index (χ0n) is 11.5. The van der Waals surface area contributed by atoms with Crippen molar-refractivity contribution in [2.75, 3.05) is 5.75 Å². The summed E-state index contributed by atoms with van der Waals surface area (Å²) in [4.78, 5) is 25.4. The summed E-state index contributed by atoms with van der Waals surface area (Å²) in [6.07, 6.45) is 0. The maximum absolute atomic E-state index is 13.4. The van der Waals surface area contributed by atoms with E-state index in [1.807, 2.05) is 13.8 Å². The molecule has 1 N–H and O–H groups in total. The molecule has 2 rings (SSSR count). The lowest BCUT2D eigenvalue weighted by molar-refractivity contribution is -0.141. The summed E-state index contributed by atoms with van der Waals surface area (Å²) in [7, 11) is 0. The third kappa shape index (κ3) is 3.23. The van der Waals surface area contributed by atoms with Gasteiger partial charge in [-0.1, -0.05) is 13.8 Å². The number of carboxylic acid groups (broad SMARTS) is 1. The van der Waals surface area contributed by atoms with Gasteiger partial charge in [-0.2, -0.15) is 0 Å². The van der Waals surface area contributed by atoms with Crippen LogP contribution < -0.4 is 0 Å². The Balaban J connectivity index is 2.41. The lowest BCUT2D eigenvalue weighted by Gasteiger charge is -2.30. The van der Waals surface area contributed by atoms with Gasteiger partial charge in [-0.25, -0.2) is 9.18 Å². The van der Waals surface area contributed by atoms with Gasteiger partial charge in [0.1, 0.15) is 11.9 Å². The standard InChI is InChI=1S/C14H15BrFNO3S/c1-7(2)13-17(11(6-21-13)14(19)20)12(18)9-5-8(16)3-4-10(9)15/h3-5,7,11,13H,6H2,1-2H3,(H,19,20). The molecule has 1 fully saturated rings. The molecule has 0 aromatic heterocycles. The van der Waals surface area contributed by atoms with E-state index < -0.39 is 23.7 Å². The maximum atomic E-state index is 13.4. The van der Waals surface area contributed by atoms with Crippen LogP contribution >= 0.6 is 27.7 Å². The van der Waals surface area contributed by atoms with Crippen LogP contribution in [0.4, 0.5) is 4.39 Å². The number of halogens is 2. The molecule has 1 aliphatic heterocycles. The number of carboxylic acids is 1. The van der Waals surface area contributed by atoms with Crippen LogP contribution in [-0.2, 0) is 4.79 Å². The van der Waals surface area contributed by atoms with Crippen LogP contribution in [0.5, 0.6) is 0 Å². The quantitative estimate of drug-likeness (QED) is 0.880. The predicted molar refractivity (Wildman–Crippen MR) is 82.8 cm³/mol. The molecule has 1 saturated heterocycles. The molecule has 2 atom stereocenters. The molecular weight excluding hydrogens is 361 g/mol. The average Bonchev–Trinajstić information content (AvgIpc) is 2.85. The molecule has 0 radical (unpaired) electrons. The number of benzene rings is 1. The van der Waals surface area contributed by atoms with Crippen molar-refractivity contribution in [3.63, 3.8) is 0 Å². The van der Waals surface area contributed by atoms with Gasteiger partial charge in [0.05, 0.1) is 10.9 Å². The van der Waals surface area contributed by atoms with E-state index in [1.54, 1.807) is 0 Å². The molecule has 0 saturated carbocycles. The van der Waals surface area contributed by atoms with Crippen LogP contribution in [0, 0.1) is 11.7 Å². The number of hydrogen-bond donors (Lipinski definition) is 1. The second-order valence-corrected chi connectivity index (χ2v) is 7.16. The number of nitrogens with zero attached hydrogens (tertiary/aromatic N) is 1. The monoisotopic (exact) mass is 375 g/mol. The second-order valence-electron chi connectivity index (χ2n) is 5.16. The molecule has 114 valence electrons.